The van der Waals surface area contributed by atoms with Crippen LogP contribution in [0.2, 0.25) is 0 Å². The molecule has 1 aliphatic carbocycles. The maximum Gasteiger partial charge on any atom is 0.246 e. The van der Waals surface area contributed by atoms with Crippen molar-refractivity contribution in [1.29, 1.82) is 0 Å². The maximum absolute atomic E-state index is 12.1. The van der Waals surface area contributed by atoms with Gasteiger partial charge in [0, 0.05) is 12.5 Å². The van der Waals surface area contributed by atoms with E-state index < -0.39 is 12.0 Å². The van der Waals surface area contributed by atoms with E-state index in [0.29, 0.717) is 25.4 Å². The summed E-state index contributed by atoms with van der Waals surface area (Å²) in [6.07, 6.45) is 3.85. The van der Waals surface area contributed by atoms with Crippen LogP contribution in [0.15, 0.2) is 0 Å². The lowest BCUT2D eigenvalue weighted by Gasteiger charge is -2.19. The predicted molar refractivity (Wildman–Crippen MR) is 70.0 cm³/mol. The number of ether oxygens (including phenoxy) is 1. The molecule has 5 N–H and O–H groups in total. The minimum atomic E-state index is -0.495. The molecule has 1 aliphatic heterocycles. The van der Waals surface area contributed by atoms with E-state index in [9.17, 15) is 9.59 Å². The maximum atomic E-state index is 12.1. The molecule has 0 radical (unpaired) electrons. The topological polar surface area (TPSA) is 107 Å². The molecule has 0 spiro atoms. The fraction of sp³-hybridized carbons (Fsp3) is 0.846. The molecule has 2 aliphatic rings. The molecule has 1 heterocycles. The van der Waals surface area contributed by atoms with Crippen LogP contribution in [0, 0.1) is 11.8 Å². The number of rotatable bonds is 5. The zero-order valence-corrected chi connectivity index (χ0v) is 11.1. The second kappa shape index (κ2) is 6.34. The molecule has 108 valence electrons. The van der Waals surface area contributed by atoms with E-state index in [-0.39, 0.29) is 17.9 Å². The van der Waals surface area contributed by atoms with E-state index in [1.807, 2.05) is 0 Å². The number of carbonyl (C=O) groups is 2. The first-order valence-electron chi connectivity index (χ1n) is 7.04. The average Bonchev–Trinajstić information content (AvgIpc) is 3.04. The number of nitrogens with two attached hydrogens (primary N) is 2. The van der Waals surface area contributed by atoms with Crippen LogP contribution >= 0.6 is 0 Å². The Hall–Kier alpha value is -1.14. The van der Waals surface area contributed by atoms with Crippen molar-refractivity contribution >= 4 is 11.8 Å². The van der Waals surface area contributed by atoms with Gasteiger partial charge in [0.05, 0.1) is 6.10 Å². The minimum absolute atomic E-state index is 0.0401. The van der Waals surface area contributed by atoms with Gasteiger partial charge in [-0.25, -0.2) is 0 Å². The van der Waals surface area contributed by atoms with Crippen molar-refractivity contribution in [2.45, 2.75) is 44.3 Å². The molecular formula is C13H23N3O3. The molecule has 6 heteroatoms. The zero-order chi connectivity index (χ0) is 13.8. The van der Waals surface area contributed by atoms with Crippen molar-refractivity contribution in [3.8, 4) is 0 Å². The molecule has 2 amide bonds. The Balaban J connectivity index is 1.74. The van der Waals surface area contributed by atoms with Gasteiger partial charge in [0.25, 0.3) is 0 Å². The predicted octanol–water partition coefficient (Wildman–Crippen LogP) is -0.489. The molecular weight excluding hydrogens is 246 g/mol. The minimum Gasteiger partial charge on any atom is -0.367 e. The fourth-order valence-corrected chi connectivity index (χ4v) is 3.07. The van der Waals surface area contributed by atoms with Gasteiger partial charge in [-0.15, -0.1) is 0 Å². The number of hydrogen-bond acceptors (Lipinski definition) is 4. The Morgan fingerprint density at radius 3 is 2.63 bits per heavy atom. The molecule has 1 saturated heterocycles. The van der Waals surface area contributed by atoms with E-state index in [4.69, 9.17) is 16.2 Å². The number of nitrogens with one attached hydrogen (secondary N) is 1. The van der Waals surface area contributed by atoms with Crippen molar-refractivity contribution in [2.75, 3.05) is 13.1 Å². The standard InChI is InChI=1S/C13H23N3O3/c14-6-8-2-1-3-10(8)13(18)16-7-9-4-5-11(19-9)12(15)17/h8-11H,1-7,14H2,(H2,15,17)(H,16,18)/t8-,9?,10-,11?/m1/s1. The molecule has 1 saturated carbocycles. The third-order valence-electron chi connectivity index (χ3n) is 4.23. The summed E-state index contributed by atoms with van der Waals surface area (Å²) >= 11 is 0. The van der Waals surface area contributed by atoms with Gasteiger partial charge in [-0.2, -0.15) is 0 Å². The summed E-state index contributed by atoms with van der Waals surface area (Å²) in [5.41, 5.74) is 10.9. The zero-order valence-electron chi connectivity index (χ0n) is 11.1. The van der Waals surface area contributed by atoms with Gasteiger partial charge < -0.3 is 21.5 Å². The van der Waals surface area contributed by atoms with E-state index in [1.165, 1.54) is 0 Å². The lowest BCUT2D eigenvalue weighted by atomic mass is 9.95. The molecule has 0 aromatic heterocycles. The van der Waals surface area contributed by atoms with Gasteiger partial charge in [0.1, 0.15) is 6.10 Å². The van der Waals surface area contributed by atoms with E-state index in [2.05, 4.69) is 5.32 Å². The summed E-state index contributed by atoms with van der Waals surface area (Å²) < 4.78 is 5.48. The Morgan fingerprint density at radius 1 is 1.21 bits per heavy atom. The smallest absolute Gasteiger partial charge is 0.246 e. The van der Waals surface area contributed by atoms with Crippen LogP contribution in [-0.4, -0.2) is 37.1 Å². The number of amides is 2. The normalized spacial score (nSPS) is 34.4. The molecule has 0 bridgehead atoms. The molecule has 4 atom stereocenters. The highest BCUT2D eigenvalue weighted by Gasteiger charge is 2.33. The average molecular weight is 269 g/mol. The SMILES string of the molecule is NC[C@H]1CCC[C@H]1C(=O)NCC1CCC(C(N)=O)O1. The quantitative estimate of drug-likeness (QED) is 0.626. The number of primary amides is 1. The summed E-state index contributed by atoms with van der Waals surface area (Å²) in [6.45, 7) is 1.03. The largest absolute Gasteiger partial charge is 0.367 e. The van der Waals surface area contributed by atoms with Crippen LogP contribution in [0.3, 0.4) is 0 Å². The van der Waals surface area contributed by atoms with Crippen molar-refractivity contribution in [3.05, 3.63) is 0 Å². The summed E-state index contributed by atoms with van der Waals surface area (Å²) in [4.78, 5) is 23.0. The first-order chi connectivity index (χ1) is 9.11. The Kier molecular flexibility index (Phi) is 4.76. The Labute approximate surface area is 113 Å². The van der Waals surface area contributed by atoms with Gasteiger partial charge in [-0.3, -0.25) is 9.59 Å². The number of carbonyl (C=O) groups excluding carboxylic acids is 2. The highest BCUT2D eigenvalue weighted by molar-refractivity contribution is 5.80. The summed E-state index contributed by atoms with van der Waals surface area (Å²) in [5, 5.41) is 2.92. The summed E-state index contributed by atoms with van der Waals surface area (Å²) in [5.74, 6) is -0.00639. The molecule has 19 heavy (non-hydrogen) atoms. The third kappa shape index (κ3) is 3.45. The van der Waals surface area contributed by atoms with E-state index in [1.54, 1.807) is 0 Å². The molecule has 2 unspecified atom stereocenters. The molecule has 2 fully saturated rings. The Bertz CT molecular complexity index is 348. The van der Waals surface area contributed by atoms with Crippen LogP contribution in [0.5, 0.6) is 0 Å². The van der Waals surface area contributed by atoms with Crippen LogP contribution in [0.1, 0.15) is 32.1 Å². The monoisotopic (exact) mass is 269 g/mol. The van der Waals surface area contributed by atoms with Gasteiger partial charge in [-0.1, -0.05) is 6.42 Å². The molecule has 0 aromatic rings. The van der Waals surface area contributed by atoms with Crippen molar-refractivity contribution in [2.24, 2.45) is 23.3 Å². The van der Waals surface area contributed by atoms with Crippen LogP contribution < -0.4 is 16.8 Å². The lowest BCUT2D eigenvalue weighted by molar-refractivity contribution is -0.129. The second-order valence-electron chi connectivity index (χ2n) is 5.50. The molecule has 0 aromatic carbocycles. The lowest BCUT2D eigenvalue weighted by Crippen LogP contribution is -2.39. The summed E-state index contributed by atoms with van der Waals surface area (Å²) in [6, 6.07) is 0. The second-order valence-corrected chi connectivity index (χ2v) is 5.50. The van der Waals surface area contributed by atoms with Gasteiger partial charge in [0.2, 0.25) is 11.8 Å². The van der Waals surface area contributed by atoms with Gasteiger partial charge in [-0.05, 0) is 38.1 Å². The van der Waals surface area contributed by atoms with Crippen LogP contribution in [-0.2, 0) is 14.3 Å². The highest BCUT2D eigenvalue weighted by atomic mass is 16.5. The van der Waals surface area contributed by atoms with Gasteiger partial charge in [0.15, 0.2) is 0 Å². The first kappa shape index (κ1) is 14.3. The van der Waals surface area contributed by atoms with Crippen molar-refractivity contribution in [1.82, 2.24) is 5.32 Å². The first-order valence-corrected chi connectivity index (χ1v) is 7.04. The highest BCUT2D eigenvalue weighted by Crippen LogP contribution is 2.31. The van der Waals surface area contributed by atoms with Crippen molar-refractivity contribution in [3.63, 3.8) is 0 Å². The van der Waals surface area contributed by atoms with Crippen LogP contribution in [0.4, 0.5) is 0 Å². The fourth-order valence-electron chi connectivity index (χ4n) is 3.07. The number of hydrogen-bond donors (Lipinski definition) is 3. The van der Waals surface area contributed by atoms with Crippen LogP contribution in [0.25, 0.3) is 0 Å². The summed E-state index contributed by atoms with van der Waals surface area (Å²) in [7, 11) is 0. The van der Waals surface area contributed by atoms with Crippen molar-refractivity contribution < 1.29 is 14.3 Å². The van der Waals surface area contributed by atoms with E-state index in [0.717, 1.165) is 25.7 Å². The van der Waals surface area contributed by atoms with E-state index >= 15 is 0 Å². The van der Waals surface area contributed by atoms with Gasteiger partial charge >= 0.3 is 0 Å². The molecule has 6 nitrogen and oxygen atoms in total. The Morgan fingerprint density at radius 2 is 2.00 bits per heavy atom. The molecule has 2 rings (SSSR count). The third-order valence-corrected chi connectivity index (χ3v) is 4.23.